The van der Waals surface area contributed by atoms with E-state index < -0.39 is 0 Å². The highest BCUT2D eigenvalue weighted by atomic mass is 15.1. The normalized spacial score (nSPS) is 21.3. The molecule has 0 aromatic heterocycles. The maximum atomic E-state index is 6.00. The highest BCUT2D eigenvalue weighted by molar-refractivity contribution is 5.48. The average Bonchev–Trinajstić information content (AvgIpc) is 2.60. The molecule has 1 aromatic rings. The molecule has 2 N–H and O–H groups in total. The molecule has 0 saturated carbocycles. The van der Waals surface area contributed by atoms with Gasteiger partial charge in [0.05, 0.1) is 0 Å². The molecule has 0 aliphatic carbocycles. The van der Waals surface area contributed by atoms with E-state index in [0.717, 1.165) is 18.2 Å². The second kappa shape index (κ2) is 6.95. The van der Waals surface area contributed by atoms with Crippen molar-refractivity contribution in [3.05, 3.63) is 29.3 Å². The summed E-state index contributed by atoms with van der Waals surface area (Å²) in [7, 11) is 0. The van der Waals surface area contributed by atoms with Crippen LogP contribution in [0, 0.1) is 12.8 Å². The van der Waals surface area contributed by atoms with Crippen molar-refractivity contribution in [2.24, 2.45) is 5.92 Å². The molecule has 0 spiro atoms. The molecule has 1 atom stereocenters. The molecule has 1 aromatic carbocycles. The lowest BCUT2D eigenvalue weighted by molar-refractivity contribution is 0.271. The molecule has 0 amide bonds. The van der Waals surface area contributed by atoms with Gasteiger partial charge in [0, 0.05) is 12.2 Å². The van der Waals surface area contributed by atoms with E-state index in [0.29, 0.717) is 0 Å². The minimum absolute atomic E-state index is 0.927. The number of nitrogens with two attached hydrogens (primary N) is 1. The van der Waals surface area contributed by atoms with Gasteiger partial charge in [-0.05, 0) is 62.4 Å². The van der Waals surface area contributed by atoms with Crippen molar-refractivity contribution in [2.45, 2.75) is 52.5 Å². The number of nitrogens with zero attached hydrogens (tertiary/aromatic N) is 1. The number of nitrogen functional groups attached to an aromatic ring is 1. The van der Waals surface area contributed by atoms with Crippen LogP contribution in [0.5, 0.6) is 0 Å². The maximum Gasteiger partial charge on any atom is 0.0346 e. The fraction of sp³-hybridized carbons (Fsp3) is 0.647. The summed E-state index contributed by atoms with van der Waals surface area (Å²) in [5.74, 6) is 0.957. The number of rotatable bonds is 4. The van der Waals surface area contributed by atoms with Crippen molar-refractivity contribution in [1.29, 1.82) is 0 Å². The van der Waals surface area contributed by atoms with Crippen LogP contribution >= 0.6 is 0 Å². The van der Waals surface area contributed by atoms with E-state index in [4.69, 9.17) is 5.73 Å². The van der Waals surface area contributed by atoms with Crippen LogP contribution in [0.2, 0.25) is 0 Å². The third kappa shape index (κ3) is 4.24. The molecule has 1 heterocycles. The Morgan fingerprint density at radius 2 is 2.11 bits per heavy atom. The van der Waals surface area contributed by atoms with Crippen molar-refractivity contribution in [1.82, 2.24) is 4.90 Å². The molecule has 19 heavy (non-hydrogen) atoms. The Labute approximate surface area is 118 Å². The second-order valence-electron chi connectivity index (χ2n) is 6.05. The first-order valence-electron chi connectivity index (χ1n) is 7.76. The van der Waals surface area contributed by atoms with E-state index in [1.165, 1.54) is 56.3 Å². The Morgan fingerprint density at radius 3 is 2.84 bits per heavy atom. The Hall–Kier alpha value is -1.02. The van der Waals surface area contributed by atoms with Crippen LogP contribution in [-0.4, -0.2) is 18.0 Å². The van der Waals surface area contributed by atoms with Gasteiger partial charge in [-0.25, -0.2) is 0 Å². The van der Waals surface area contributed by atoms with Crippen molar-refractivity contribution >= 4 is 5.69 Å². The van der Waals surface area contributed by atoms with E-state index in [1.807, 2.05) is 0 Å². The molecule has 2 nitrogen and oxygen atoms in total. The van der Waals surface area contributed by atoms with Gasteiger partial charge in [-0.3, -0.25) is 4.90 Å². The average molecular weight is 260 g/mol. The van der Waals surface area contributed by atoms with Gasteiger partial charge >= 0.3 is 0 Å². The first-order valence-corrected chi connectivity index (χ1v) is 7.76. The van der Waals surface area contributed by atoms with Gasteiger partial charge in [0.25, 0.3) is 0 Å². The molecule has 0 bridgehead atoms. The number of anilines is 1. The van der Waals surface area contributed by atoms with E-state index in [2.05, 4.69) is 36.9 Å². The van der Waals surface area contributed by atoms with E-state index in [-0.39, 0.29) is 0 Å². The summed E-state index contributed by atoms with van der Waals surface area (Å²) in [6, 6.07) is 6.51. The van der Waals surface area contributed by atoms with Crippen LogP contribution in [0.3, 0.4) is 0 Å². The van der Waals surface area contributed by atoms with E-state index >= 15 is 0 Å². The molecular formula is C17H28N2. The molecule has 2 rings (SSSR count). The second-order valence-corrected chi connectivity index (χ2v) is 6.05. The van der Waals surface area contributed by atoms with Crippen LogP contribution in [0.15, 0.2) is 18.2 Å². The molecule has 1 saturated heterocycles. The van der Waals surface area contributed by atoms with Gasteiger partial charge in [0.1, 0.15) is 0 Å². The quantitative estimate of drug-likeness (QED) is 0.830. The predicted octanol–water partition coefficient (Wildman–Crippen LogP) is 3.98. The number of likely N-dealkylation sites (tertiary alicyclic amines) is 1. The minimum Gasteiger partial charge on any atom is -0.399 e. The number of benzene rings is 1. The number of hydrogen-bond donors (Lipinski definition) is 1. The largest absolute Gasteiger partial charge is 0.399 e. The van der Waals surface area contributed by atoms with Gasteiger partial charge in [-0.1, -0.05) is 31.9 Å². The predicted molar refractivity (Wildman–Crippen MR) is 83.1 cm³/mol. The third-order valence-corrected chi connectivity index (χ3v) is 4.39. The monoisotopic (exact) mass is 260 g/mol. The molecule has 0 radical (unpaired) electrons. The zero-order chi connectivity index (χ0) is 13.7. The molecule has 1 aliphatic rings. The van der Waals surface area contributed by atoms with Crippen LogP contribution in [0.1, 0.15) is 50.2 Å². The van der Waals surface area contributed by atoms with Crippen molar-refractivity contribution in [3.63, 3.8) is 0 Å². The summed E-state index contributed by atoms with van der Waals surface area (Å²) in [4.78, 5) is 2.60. The van der Waals surface area contributed by atoms with E-state index in [9.17, 15) is 0 Å². The lowest BCUT2D eigenvalue weighted by Crippen LogP contribution is -2.24. The van der Waals surface area contributed by atoms with Gasteiger partial charge in [-0.15, -0.1) is 0 Å². The lowest BCUT2D eigenvalue weighted by Gasteiger charge is -2.20. The summed E-state index contributed by atoms with van der Waals surface area (Å²) in [5, 5.41) is 0. The van der Waals surface area contributed by atoms with Gasteiger partial charge in [0.2, 0.25) is 0 Å². The number of aryl methyl sites for hydroxylation is 1. The van der Waals surface area contributed by atoms with Crippen LogP contribution in [0.4, 0.5) is 5.69 Å². The summed E-state index contributed by atoms with van der Waals surface area (Å²) in [6.45, 7) is 7.92. The molecule has 1 unspecified atom stereocenters. The summed E-state index contributed by atoms with van der Waals surface area (Å²) in [6.07, 6.45) is 6.88. The van der Waals surface area contributed by atoms with Crippen molar-refractivity contribution in [3.8, 4) is 0 Å². The maximum absolute atomic E-state index is 6.00. The topological polar surface area (TPSA) is 29.3 Å². The highest BCUT2D eigenvalue weighted by Gasteiger charge is 2.16. The Morgan fingerprint density at radius 1 is 1.26 bits per heavy atom. The first-order chi connectivity index (χ1) is 9.19. The molecule has 106 valence electrons. The van der Waals surface area contributed by atoms with Crippen LogP contribution in [0.25, 0.3) is 0 Å². The standard InChI is InChI=1S/C17H28N2/c1-3-5-15-6-4-10-19(11-9-15)13-16-8-7-14(2)17(18)12-16/h7-8,12,15H,3-6,9-11,13,18H2,1-2H3. The summed E-state index contributed by atoms with van der Waals surface area (Å²) >= 11 is 0. The summed E-state index contributed by atoms with van der Waals surface area (Å²) < 4.78 is 0. The fourth-order valence-corrected chi connectivity index (χ4v) is 3.13. The molecule has 2 heteroatoms. The van der Waals surface area contributed by atoms with Crippen LogP contribution < -0.4 is 5.73 Å². The Kier molecular flexibility index (Phi) is 5.26. The molecule has 1 fully saturated rings. The van der Waals surface area contributed by atoms with Crippen molar-refractivity contribution < 1.29 is 0 Å². The number of hydrogen-bond acceptors (Lipinski definition) is 2. The summed E-state index contributed by atoms with van der Waals surface area (Å²) in [5.41, 5.74) is 9.47. The first kappa shape index (κ1) is 14.4. The fourth-order valence-electron chi connectivity index (χ4n) is 3.13. The zero-order valence-corrected chi connectivity index (χ0v) is 12.5. The minimum atomic E-state index is 0.927. The van der Waals surface area contributed by atoms with Crippen molar-refractivity contribution in [2.75, 3.05) is 18.8 Å². The highest BCUT2D eigenvalue weighted by Crippen LogP contribution is 2.23. The third-order valence-electron chi connectivity index (χ3n) is 4.39. The lowest BCUT2D eigenvalue weighted by atomic mass is 9.96. The van der Waals surface area contributed by atoms with Gasteiger partial charge in [0.15, 0.2) is 0 Å². The van der Waals surface area contributed by atoms with E-state index in [1.54, 1.807) is 0 Å². The Balaban J connectivity index is 1.90. The van der Waals surface area contributed by atoms with Gasteiger partial charge in [-0.2, -0.15) is 0 Å². The Bertz CT molecular complexity index is 400. The van der Waals surface area contributed by atoms with Crippen LogP contribution in [-0.2, 0) is 6.54 Å². The SMILES string of the molecule is CCCC1CCCN(Cc2ccc(C)c(N)c2)CC1. The molecule has 1 aliphatic heterocycles. The molecular weight excluding hydrogens is 232 g/mol. The zero-order valence-electron chi connectivity index (χ0n) is 12.5. The smallest absolute Gasteiger partial charge is 0.0346 e. The van der Waals surface area contributed by atoms with Gasteiger partial charge < -0.3 is 5.73 Å².